The topological polar surface area (TPSA) is 23.5 Å². The third-order valence-electron chi connectivity index (χ3n) is 3.89. The van der Waals surface area contributed by atoms with E-state index in [9.17, 15) is 5.11 Å². The molecular weight excluding hydrogens is 210 g/mol. The average molecular weight is 233 g/mol. The van der Waals surface area contributed by atoms with Gasteiger partial charge in [0, 0.05) is 18.5 Å². The van der Waals surface area contributed by atoms with Crippen LogP contribution < -0.4 is 0 Å². The molecule has 0 aliphatic carbocycles. The largest absolute Gasteiger partial charge is 0.396 e. The molecule has 2 heteroatoms. The molecule has 17 heavy (non-hydrogen) atoms. The van der Waals surface area contributed by atoms with Crippen molar-refractivity contribution in [1.29, 1.82) is 0 Å². The van der Waals surface area contributed by atoms with Gasteiger partial charge in [0.15, 0.2) is 0 Å². The molecule has 1 N–H and O–H groups in total. The van der Waals surface area contributed by atoms with Gasteiger partial charge in [-0.3, -0.25) is 4.90 Å². The van der Waals surface area contributed by atoms with Crippen LogP contribution in [0.1, 0.15) is 37.7 Å². The lowest BCUT2D eigenvalue weighted by Gasteiger charge is -2.35. The molecule has 0 radical (unpaired) electrons. The molecule has 0 bridgehead atoms. The lowest BCUT2D eigenvalue weighted by molar-refractivity contribution is 0.132. The summed E-state index contributed by atoms with van der Waals surface area (Å²) in [5, 5.41) is 9.57. The summed E-state index contributed by atoms with van der Waals surface area (Å²) in [6.45, 7) is 4.72. The highest BCUT2D eigenvalue weighted by Crippen LogP contribution is 2.22. The van der Waals surface area contributed by atoms with E-state index in [0.29, 0.717) is 6.04 Å². The number of aliphatic hydroxyl groups is 1. The van der Waals surface area contributed by atoms with Crippen LogP contribution in [0, 0.1) is 0 Å². The fourth-order valence-corrected chi connectivity index (χ4v) is 2.71. The maximum absolute atomic E-state index is 9.57. The van der Waals surface area contributed by atoms with Crippen LogP contribution >= 0.6 is 0 Å². The van der Waals surface area contributed by atoms with Crippen LogP contribution in [0.2, 0.25) is 0 Å². The number of hydrogen-bond acceptors (Lipinski definition) is 2. The van der Waals surface area contributed by atoms with Gasteiger partial charge in [-0.15, -0.1) is 0 Å². The van der Waals surface area contributed by atoms with E-state index < -0.39 is 0 Å². The Bertz CT molecular complexity index is 325. The molecule has 2 atom stereocenters. The van der Waals surface area contributed by atoms with Gasteiger partial charge < -0.3 is 5.11 Å². The van der Waals surface area contributed by atoms with E-state index in [0.717, 1.165) is 6.54 Å². The summed E-state index contributed by atoms with van der Waals surface area (Å²) in [4.78, 5) is 2.53. The molecule has 1 aromatic carbocycles. The fourth-order valence-electron chi connectivity index (χ4n) is 2.71. The normalized spacial score (nSPS) is 23.5. The van der Waals surface area contributed by atoms with Gasteiger partial charge in [-0.05, 0) is 31.9 Å². The highest BCUT2D eigenvalue weighted by atomic mass is 16.3. The summed E-state index contributed by atoms with van der Waals surface area (Å²) in [5.41, 5.74) is 1.26. The molecule has 1 aliphatic rings. The summed E-state index contributed by atoms with van der Waals surface area (Å²) < 4.78 is 0. The Morgan fingerprint density at radius 2 is 2.06 bits per heavy atom. The smallest absolute Gasteiger partial charge is 0.0512 e. The van der Waals surface area contributed by atoms with E-state index in [-0.39, 0.29) is 12.5 Å². The molecule has 2 nitrogen and oxygen atoms in total. The van der Waals surface area contributed by atoms with E-state index in [4.69, 9.17) is 0 Å². The van der Waals surface area contributed by atoms with Crippen molar-refractivity contribution < 1.29 is 5.11 Å². The Morgan fingerprint density at radius 3 is 2.71 bits per heavy atom. The van der Waals surface area contributed by atoms with Crippen molar-refractivity contribution in [3.63, 3.8) is 0 Å². The van der Waals surface area contributed by atoms with Gasteiger partial charge in [-0.25, -0.2) is 0 Å². The molecular formula is C15H23NO. The molecule has 0 amide bonds. The molecule has 0 spiro atoms. The van der Waals surface area contributed by atoms with Crippen LogP contribution in [0.3, 0.4) is 0 Å². The first-order chi connectivity index (χ1) is 8.31. The first-order valence-corrected chi connectivity index (χ1v) is 6.71. The highest BCUT2D eigenvalue weighted by Gasteiger charge is 2.22. The van der Waals surface area contributed by atoms with E-state index >= 15 is 0 Å². The zero-order valence-electron chi connectivity index (χ0n) is 10.7. The number of likely N-dealkylation sites (tertiary alicyclic amines) is 1. The summed E-state index contributed by atoms with van der Waals surface area (Å²) in [5.74, 6) is 0.261. The van der Waals surface area contributed by atoms with Gasteiger partial charge in [-0.1, -0.05) is 36.8 Å². The van der Waals surface area contributed by atoms with Crippen molar-refractivity contribution >= 4 is 0 Å². The van der Waals surface area contributed by atoms with Crippen LogP contribution in [0.4, 0.5) is 0 Å². The first kappa shape index (κ1) is 12.6. The van der Waals surface area contributed by atoms with Crippen molar-refractivity contribution in [1.82, 2.24) is 4.90 Å². The standard InChI is InChI=1S/C15H23NO/c1-13-7-5-6-10-16(13)11-15(12-17)14-8-3-2-4-9-14/h2-4,8-9,13,15,17H,5-7,10-12H2,1H3. The zero-order chi connectivity index (χ0) is 12.1. The van der Waals surface area contributed by atoms with E-state index in [2.05, 4.69) is 36.1 Å². The maximum atomic E-state index is 9.57. The minimum absolute atomic E-state index is 0.243. The van der Waals surface area contributed by atoms with Crippen LogP contribution in [-0.4, -0.2) is 35.7 Å². The van der Waals surface area contributed by atoms with E-state index in [1.807, 2.05) is 6.07 Å². The van der Waals surface area contributed by atoms with Gasteiger partial charge in [0.25, 0.3) is 0 Å². The highest BCUT2D eigenvalue weighted by molar-refractivity contribution is 5.20. The third kappa shape index (κ3) is 3.30. The van der Waals surface area contributed by atoms with Crippen LogP contribution in [0.15, 0.2) is 30.3 Å². The number of benzene rings is 1. The van der Waals surface area contributed by atoms with Gasteiger partial charge in [0.1, 0.15) is 0 Å². The zero-order valence-corrected chi connectivity index (χ0v) is 10.7. The molecule has 2 rings (SSSR count). The van der Waals surface area contributed by atoms with Crippen LogP contribution in [-0.2, 0) is 0 Å². The lowest BCUT2D eigenvalue weighted by atomic mass is 9.96. The predicted octanol–water partition coefficient (Wildman–Crippen LogP) is 2.64. The second kappa shape index (κ2) is 6.18. The maximum Gasteiger partial charge on any atom is 0.0512 e. The fraction of sp³-hybridized carbons (Fsp3) is 0.600. The Hall–Kier alpha value is -0.860. The van der Waals surface area contributed by atoms with Gasteiger partial charge in [0.2, 0.25) is 0 Å². The Labute approximate surface area is 104 Å². The van der Waals surface area contributed by atoms with E-state index in [1.165, 1.54) is 31.4 Å². The Morgan fingerprint density at radius 1 is 1.29 bits per heavy atom. The SMILES string of the molecule is CC1CCCCN1CC(CO)c1ccccc1. The molecule has 94 valence electrons. The second-order valence-electron chi connectivity index (χ2n) is 5.13. The van der Waals surface area contributed by atoms with Crippen molar-refractivity contribution in [3.8, 4) is 0 Å². The van der Waals surface area contributed by atoms with Crippen molar-refractivity contribution in [2.24, 2.45) is 0 Å². The van der Waals surface area contributed by atoms with Gasteiger partial charge in [0.05, 0.1) is 6.61 Å². The molecule has 1 aliphatic heterocycles. The minimum Gasteiger partial charge on any atom is -0.396 e. The van der Waals surface area contributed by atoms with Crippen LogP contribution in [0.5, 0.6) is 0 Å². The minimum atomic E-state index is 0.243. The molecule has 1 fully saturated rings. The first-order valence-electron chi connectivity index (χ1n) is 6.71. The predicted molar refractivity (Wildman–Crippen MR) is 71.2 cm³/mol. The monoisotopic (exact) mass is 233 g/mol. The van der Waals surface area contributed by atoms with Crippen molar-refractivity contribution in [2.45, 2.75) is 38.1 Å². The molecule has 2 unspecified atom stereocenters. The molecule has 1 saturated heterocycles. The van der Waals surface area contributed by atoms with Crippen molar-refractivity contribution in [2.75, 3.05) is 19.7 Å². The lowest BCUT2D eigenvalue weighted by Crippen LogP contribution is -2.40. The summed E-state index contributed by atoms with van der Waals surface area (Å²) in [6.07, 6.45) is 3.96. The third-order valence-corrected chi connectivity index (χ3v) is 3.89. The molecule has 0 aromatic heterocycles. The van der Waals surface area contributed by atoms with Crippen molar-refractivity contribution in [3.05, 3.63) is 35.9 Å². The Balaban J connectivity index is 1.99. The number of aliphatic hydroxyl groups excluding tert-OH is 1. The average Bonchev–Trinajstić information content (AvgIpc) is 2.39. The quantitative estimate of drug-likeness (QED) is 0.864. The van der Waals surface area contributed by atoms with Crippen LogP contribution in [0.25, 0.3) is 0 Å². The van der Waals surface area contributed by atoms with Gasteiger partial charge in [-0.2, -0.15) is 0 Å². The molecule has 1 heterocycles. The summed E-state index contributed by atoms with van der Waals surface area (Å²) >= 11 is 0. The summed E-state index contributed by atoms with van der Waals surface area (Å²) in [7, 11) is 0. The van der Waals surface area contributed by atoms with E-state index in [1.54, 1.807) is 0 Å². The summed E-state index contributed by atoms with van der Waals surface area (Å²) in [6, 6.07) is 11.0. The van der Waals surface area contributed by atoms with Gasteiger partial charge >= 0.3 is 0 Å². The second-order valence-corrected chi connectivity index (χ2v) is 5.13. The number of rotatable bonds is 4. The Kier molecular flexibility index (Phi) is 4.57. The molecule has 0 saturated carbocycles. The number of hydrogen-bond donors (Lipinski definition) is 1. The molecule has 1 aromatic rings. The number of piperidine rings is 1. The number of nitrogens with zero attached hydrogens (tertiary/aromatic N) is 1.